The Morgan fingerprint density at radius 2 is 1.50 bits per heavy atom. The van der Waals surface area contributed by atoms with Gasteiger partial charge < -0.3 is 19.1 Å². The summed E-state index contributed by atoms with van der Waals surface area (Å²) < 4.78 is 16.7. The van der Waals surface area contributed by atoms with Crippen molar-refractivity contribution in [1.82, 2.24) is 4.98 Å². The van der Waals surface area contributed by atoms with Crippen LogP contribution in [0.2, 0.25) is 0 Å². The third-order valence-electron chi connectivity index (χ3n) is 4.10. The Morgan fingerprint density at radius 3 is 2.29 bits per heavy atom. The van der Waals surface area contributed by atoms with Crippen LogP contribution in [0.4, 0.5) is 0 Å². The van der Waals surface area contributed by atoms with Gasteiger partial charge in [-0.05, 0) is 35.9 Å². The summed E-state index contributed by atoms with van der Waals surface area (Å²) in [6.07, 6.45) is 0. The summed E-state index contributed by atoms with van der Waals surface area (Å²) in [4.78, 5) is 4.48. The molecule has 0 spiro atoms. The highest BCUT2D eigenvalue weighted by molar-refractivity contribution is 6.36. The lowest BCUT2D eigenvalue weighted by Gasteiger charge is -2.12. The molecule has 0 radical (unpaired) electrons. The standard InChI is InChI=1S/C22H18BNO4/c25-23(27-19-11-5-2-6-12-19)28-21-15-14-18-10-7-13-20(22(18)24-21)26-16-17-8-3-1-4-9-17/h1-15,25H,16H2. The van der Waals surface area contributed by atoms with Crippen LogP contribution >= 0.6 is 0 Å². The van der Waals surface area contributed by atoms with Crippen molar-refractivity contribution in [3.63, 3.8) is 0 Å². The van der Waals surface area contributed by atoms with Gasteiger partial charge in [0.1, 0.15) is 23.6 Å². The largest absolute Gasteiger partial charge is 0.786 e. The van der Waals surface area contributed by atoms with Gasteiger partial charge in [-0.1, -0.05) is 60.7 Å². The van der Waals surface area contributed by atoms with Crippen LogP contribution in [0.3, 0.4) is 0 Å². The summed E-state index contributed by atoms with van der Waals surface area (Å²) in [5.41, 5.74) is 1.72. The van der Waals surface area contributed by atoms with Crippen molar-refractivity contribution in [1.29, 1.82) is 0 Å². The zero-order valence-electron chi connectivity index (χ0n) is 15.1. The van der Waals surface area contributed by atoms with Crippen molar-refractivity contribution in [3.05, 3.63) is 96.6 Å². The normalized spacial score (nSPS) is 10.5. The zero-order valence-corrected chi connectivity index (χ0v) is 15.1. The van der Waals surface area contributed by atoms with E-state index in [9.17, 15) is 5.02 Å². The Labute approximate surface area is 163 Å². The number of hydrogen-bond donors (Lipinski definition) is 1. The molecule has 0 fully saturated rings. The number of nitrogens with zero attached hydrogens (tertiary/aromatic N) is 1. The number of pyridine rings is 1. The first-order valence-electron chi connectivity index (χ1n) is 8.91. The lowest BCUT2D eigenvalue weighted by atomic mass is 10.2. The van der Waals surface area contributed by atoms with Crippen LogP contribution in [-0.4, -0.2) is 17.3 Å². The fraction of sp³-hybridized carbons (Fsp3) is 0.0455. The van der Waals surface area contributed by atoms with Crippen molar-refractivity contribution >= 4 is 18.2 Å². The summed E-state index contributed by atoms with van der Waals surface area (Å²) >= 11 is 0. The Bertz CT molecular complexity index is 1040. The predicted molar refractivity (Wildman–Crippen MR) is 108 cm³/mol. The average Bonchev–Trinajstić information content (AvgIpc) is 2.73. The van der Waals surface area contributed by atoms with Gasteiger partial charge >= 0.3 is 7.32 Å². The summed E-state index contributed by atoms with van der Waals surface area (Å²) in [5.74, 6) is 1.39. The van der Waals surface area contributed by atoms with E-state index in [1.807, 2.05) is 72.8 Å². The van der Waals surface area contributed by atoms with E-state index in [1.165, 1.54) is 0 Å². The second-order valence-corrected chi connectivity index (χ2v) is 6.11. The molecule has 138 valence electrons. The maximum Gasteiger partial charge on any atom is 0.786 e. The van der Waals surface area contributed by atoms with Gasteiger partial charge in [-0.3, -0.25) is 0 Å². The van der Waals surface area contributed by atoms with Crippen LogP contribution in [0.1, 0.15) is 5.56 Å². The van der Waals surface area contributed by atoms with Gasteiger partial charge in [-0.25, -0.2) is 4.98 Å². The molecule has 3 aromatic carbocycles. The molecule has 0 atom stereocenters. The van der Waals surface area contributed by atoms with E-state index in [4.69, 9.17) is 14.0 Å². The minimum absolute atomic E-state index is 0.242. The number of benzene rings is 3. The molecule has 4 rings (SSSR count). The zero-order chi connectivity index (χ0) is 19.2. The molecule has 0 bridgehead atoms. The Balaban J connectivity index is 1.50. The number of aromatic nitrogens is 1. The van der Waals surface area contributed by atoms with E-state index in [-0.39, 0.29) is 5.88 Å². The van der Waals surface area contributed by atoms with Crippen LogP contribution in [0.15, 0.2) is 91.0 Å². The fourth-order valence-corrected chi connectivity index (χ4v) is 2.76. The summed E-state index contributed by atoms with van der Waals surface area (Å²) in [6, 6.07) is 28.1. The third-order valence-corrected chi connectivity index (χ3v) is 4.10. The van der Waals surface area contributed by atoms with Gasteiger partial charge in [0.05, 0.1) is 0 Å². The molecule has 0 saturated carbocycles. The fourth-order valence-electron chi connectivity index (χ4n) is 2.76. The Kier molecular flexibility index (Phi) is 5.40. The van der Waals surface area contributed by atoms with Crippen LogP contribution < -0.4 is 14.0 Å². The highest BCUT2D eigenvalue weighted by Gasteiger charge is 2.22. The highest BCUT2D eigenvalue weighted by atomic mass is 16.7. The molecule has 5 nitrogen and oxygen atoms in total. The minimum Gasteiger partial charge on any atom is -0.501 e. The molecule has 1 aromatic heterocycles. The lowest BCUT2D eigenvalue weighted by molar-refractivity contribution is 0.292. The summed E-state index contributed by atoms with van der Waals surface area (Å²) in [6.45, 7) is 0.437. The molecule has 0 unspecified atom stereocenters. The van der Waals surface area contributed by atoms with Gasteiger partial charge in [0.15, 0.2) is 5.88 Å². The Morgan fingerprint density at radius 1 is 0.750 bits per heavy atom. The quantitative estimate of drug-likeness (QED) is 0.492. The molecule has 28 heavy (non-hydrogen) atoms. The molecule has 0 aliphatic rings. The van der Waals surface area contributed by atoms with Gasteiger partial charge in [-0.2, -0.15) is 0 Å². The van der Waals surface area contributed by atoms with Crippen molar-refractivity contribution in [2.24, 2.45) is 0 Å². The Hall–Kier alpha value is -3.51. The molecular formula is C22H18BNO4. The second-order valence-electron chi connectivity index (χ2n) is 6.11. The van der Waals surface area contributed by atoms with Crippen LogP contribution in [0.25, 0.3) is 10.9 Å². The summed E-state index contributed by atoms with van der Waals surface area (Å²) in [5, 5.41) is 10.9. The molecule has 0 amide bonds. The number of rotatable bonds is 7. The molecule has 4 aromatic rings. The molecule has 0 aliphatic carbocycles. The van der Waals surface area contributed by atoms with E-state index in [0.29, 0.717) is 23.6 Å². The lowest BCUT2D eigenvalue weighted by Crippen LogP contribution is -2.29. The minimum atomic E-state index is -1.47. The van der Waals surface area contributed by atoms with E-state index in [0.717, 1.165) is 10.9 Å². The third kappa shape index (κ3) is 4.42. The van der Waals surface area contributed by atoms with E-state index >= 15 is 0 Å². The van der Waals surface area contributed by atoms with Crippen LogP contribution in [-0.2, 0) is 6.61 Å². The first kappa shape index (κ1) is 17.9. The molecule has 6 heteroatoms. The molecule has 1 N–H and O–H groups in total. The maximum absolute atomic E-state index is 10.0. The van der Waals surface area contributed by atoms with Gasteiger partial charge in [-0.15, -0.1) is 0 Å². The van der Waals surface area contributed by atoms with Crippen LogP contribution in [0, 0.1) is 0 Å². The molecular weight excluding hydrogens is 353 g/mol. The number of ether oxygens (including phenoxy) is 1. The molecule has 1 heterocycles. The van der Waals surface area contributed by atoms with Crippen molar-refractivity contribution in [2.45, 2.75) is 6.61 Å². The van der Waals surface area contributed by atoms with Crippen molar-refractivity contribution < 1.29 is 19.1 Å². The van der Waals surface area contributed by atoms with E-state index in [2.05, 4.69) is 4.98 Å². The van der Waals surface area contributed by atoms with Gasteiger partial charge in [0, 0.05) is 5.39 Å². The molecule has 0 aliphatic heterocycles. The molecule has 0 saturated heterocycles. The smallest absolute Gasteiger partial charge is 0.501 e. The highest BCUT2D eigenvalue weighted by Crippen LogP contribution is 2.27. The maximum atomic E-state index is 10.0. The SMILES string of the molecule is OB(Oc1ccccc1)Oc1ccc2cccc(OCc3ccccc3)c2n1. The number of fused-ring (bicyclic) bond motifs is 1. The number of para-hydroxylation sites is 2. The second kappa shape index (κ2) is 8.46. The van der Waals surface area contributed by atoms with Crippen LogP contribution in [0.5, 0.6) is 17.4 Å². The van der Waals surface area contributed by atoms with Crippen molar-refractivity contribution in [3.8, 4) is 17.4 Å². The monoisotopic (exact) mass is 371 g/mol. The average molecular weight is 371 g/mol. The topological polar surface area (TPSA) is 60.8 Å². The van der Waals surface area contributed by atoms with E-state index < -0.39 is 7.32 Å². The first-order valence-corrected chi connectivity index (χ1v) is 8.91. The van der Waals surface area contributed by atoms with Gasteiger partial charge in [0.2, 0.25) is 0 Å². The predicted octanol–water partition coefficient (Wildman–Crippen LogP) is 4.25. The van der Waals surface area contributed by atoms with Crippen molar-refractivity contribution in [2.75, 3.05) is 0 Å². The van der Waals surface area contributed by atoms with Gasteiger partial charge in [0.25, 0.3) is 0 Å². The summed E-state index contributed by atoms with van der Waals surface area (Å²) in [7, 11) is -1.47. The number of hydrogen-bond acceptors (Lipinski definition) is 5. The first-order chi connectivity index (χ1) is 13.8. The van der Waals surface area contributed by atoms with E-state index in [1.54, 1.807) is 18.2 Å².